The predicted octanol–water partition coefficient (Wildman–Crippen LogP) is 1.51. The van der Waals surface area contributed by atoms with Crippen LogP contribution >= 0.6 is 0 Å². The summed E-state index contributed by atoms with van der Waals surface area (Å²) in [5, 5.41) is 3.19. The van der Waals surface area contributed by atoms with E-state index in [1.807, 2.05) is 0 Å². The van der Waals surface area contributed by atoms with E-state index in [-0.39, 0.29) is 10.9 Å². The van der Waals surface area contributed by atoms with Crippen molar-refractivity contribution in [2.75, 3.05) is 20.1 Å². The predicted molar refractivity (Wildman–Crippen MR) is 72.0 cm³/mol. The first-order chi connectivity index (χ1) is 8.93. The first-order valence-corrected chi connectivity index (χ1v) is 7.82. The van der Waals surface area contributed by atoms with E-state index in [2.05, 4.69) is 5.32 Å². The van der Waals surface area contributed by atoms with Crippen LogP contribution in [0.1, 0.15) is 18.4 Å². The maximum absolute atomic E-state index is 13.8. The van der Waals surface area contributed by atoms with Gasteiger partial charge in [0.05, 0.1) is 0 Å². The Hall–Kier alpha value is -0.980. The van der Waals surface area contributed by atoms with E-state index < -0.39 is 15.8 Å². The molecule has 1 aromatic rings. The van der Waals surface area contributed by atoms with Gasteiger partial charge >= 0.3 is 0 Å². The first kappa shape index (κ1) is 14.4. The number of benzene rings is 1. The summed E-state index contributed by atoms with van der Waals surface area (Å²) in [4.78, 5) is -0.228. The van der Waals surface area contributed by atoms with Gasteiger partial charge in [0.25, 0.3) is 0 Å². The third-order valence-corrected chi connectivity index (χ3v) is 5.49. The SMILES string of the molecule is Cc1ccc(F)c(S(=O)(=O)N(C)C2CCNCC2)c1. The van der Waals surface area contributed by atoms with E-state index in [9.17, 15) is 12.8 Å². The quantitative estimate of drug-likeness (QED) is 0.916. The third-order valence-electron chi connectivity index (χ3n) is 3.57. The van der Waals surface area contributed by atoms with E-state index in [0.717, 1.165) is 31.5 Å². The summed E-state index contributed by atoms with van der Waals surface area (Å²) in [6, 6.07) is 4.10. The summed E-state index contributed by atoms with van der Waals surface area (Å²) in [5.41, 5.74) is 0.735. The summed E-state index contributed by atoms with van der Waals surface area (Å²) < 4.78 is 40.0. The van der Waals surface area contributed by atoms with E-state index in [4.69, 9.17) is 0 Å². The minimum absolute atomic E-state index is 0.0637. The monoisotopic (exact) mass is 286 g/mol. The van der Waals surface area contributed by atoms with Crippen LogP contribution in [0.25, 0.3) is 0 Å². The van der Waals surface area contributed by atoms with Crippen LogP contribution in [0.3, 0.4) is 0 Å². The Morgan fingerprint density at radius 1 is 1.32 bits per heavy atom. The molecule has 1 saturated heterocycles. The van der Waals surface area contributed by atoms with E-state index in [1.54, 1.807) is 13.0 Å². The van der Waals surface area contributed by atoms with Gasteiger partial charge in [-0.15, -0.1) is 0 Å². The fourth-order valence-corrected chi connectivity index (χ4v) is 3.89. The van der Waals surface area contributed by atoms with Gasteiger partial charge in [-0.3, -0.25) is 0 Å². The molecule has 1 aromatic carbocycles. The topological polar surface area (TPSA) is 49.4 Å². The minimum atomic E-state index is -3.76. The number of aryl methyl sites for hydroxylation is 1. The third kappa shape index (κ3) is 2.96. The van der Waals surface area contributed by atoms with Gasteiger partial charge in [-0.2, -0.15) is 4.31 Å². The fourth-order valence-electron chi connectivity index (χ4n) is 2.33. The largest absolute Gasteiger partial charge is 0.317 e. The van der Waals surface area contributed by atoms with Crippen molar-refractivity contribution in [3.8, 4) is 0 Å². The zero-order valence-electron chi connectivity index (χ0n) is 11.2. The van der Waals surface area contributed by atoms with Crippen molar-refractivity contribution in [1.29, 1.82) is 0 Å². The highest BCUT2D eigenvalue weighted by atomic mass is 32.2. The maximum Gasteiger partial charge on any atom is 0.245 e. The van der Waals surface area contributed by atoms with Crippen LogP contribution in [0.2, 0.25) is 0 Å². The fraction of sp³-hybridized carbons (Fsp3) is 0.538. The van der Waals surface area contributed by atoms with Crippen LogP contribution in [0.15, 0.2) is 23.1 Å². The number of piperidine rings is 1. The van der Waals surface area contributed by atoms with Crippen molar-refractivity contribution in [2.24, 2.45) is 0 Å². The second-order valence-corrected chi connectivity index (χ2v) is 6.90. The average Bonchev–Trinajstić information content (AvgIpc) is 2.41. The van der Waals surface area contributed by atoms with E-state index in [1.165, 1.54) is 23.5 Å². The molecule has 6 heteroatoms. The van der Waals surface area contributed by atoms with Gasteiger partial charge in [-0.25, -0.2) is 12.8 Å². The van der Waals surface area contributed by atoms with Crippen LogP contribution in [-0.2, 0) is 10.0 Å². The van der Waals surface area contributed by atoms with Gasteiger partial charge in [0.1, 0.15) is 10.7 Å². The molecule has 0 aliphatic carbocycles. The Kier molecular flexibility index (Phi) is 4.23. The molecule has 0 unspecified atom stereocenters. The first-order valence-electron chi connectivity index (χ1n) is 6.38. The van der Waals surface area contributed by atoms with Crippen LogP contribution in [-0.4, -0.2) is 38.9 Å². The molecule has 0 amide bonds. The molecule has 1 heterocycles. The number of hydrogen-bond donors (Lipinski definition) is 1. The van der Waals surface area contributed by atoms with Crippen molar-refractivity contribution in [2.45, 2.75) is 30.7 Å². The summed E-state index contributed by atoms with van der Waals surface area (Å²) in [5.74, 6) is -0.689. The Balaban J connectivity index is 2.33. The van der Waals surface area contributed by atoms with Crippen LogP contribution in [0, 0.1) is 12.7 Å². The van der Waals surface area contributed by atoms with E-state index in [0.29, 0.717) is 0 Å². The van der Waals surface area contributed by atoms with E-state index >= 15 is 0 Å². The van der Waals surface area contributed by atoms with Crippen LogP contribution < -0.4 is 5.32 Å². The smallest absolute Gasteiger partial charge is 0.245 e. The Labute approximate surface area is 113 Å². The molecule has 1 aliphatic rings. The Bertz CT molecular complexity index is 554. The average molecular weight is 286 g/mol. The lowest BCUT2D eigenvalue weighted by molar-refractivity contribution is 0.295. The zero-order chi connectivity index (χ0) is 14.0. The molecule has 0 saturated carbocycles. The molecule has 0 radical (unpaired) electrons. The van der Waals surface area contributed by atoms with Gasteiger partial charge in [-0.05, 0) is 50.6 Å². The maximum atomic E-state index is 13.8. The summed E-state index contributed by atoms with van der Waals surface area (Å²) in [6.07, 6.45) is 1.51. The molecule has 1 aliphatic heterocycles. The van der Waals surface area contributed by atoms with Gasteiger partial charge in [-0.1, -0.05) is 6.07 Å². The highest BCUT2D eigenvalue weighted by Gasteiger charge is 2.30. The van der Waals surface area contributed by atoms with Crippen molar-refractivity contribution in [3.05, 3.63) is 29.6 Å². The number of nitrogens with one attached hydrogen (secondary N) is 1. The molecule has 1 fully saturated rings. The number of hydrogen-bond acceptors (Lipinski definition) is 3. The molecule has 0 spiro atoms. The molecule has 106 valence electrons. The highest BCUT2D eigenvalue weighted by molar-refractivity contribution is 7.89. The summed E-state index contributed by atoms with van der Waals surface area (Å²) >= 11 is 0. The van der Waals surface area contributed by atoms with Crippen molar-refractivity contribution in [3.63, 3.8) is 0 Å². The van der Waals surface area contributed by atoms with Crippen LogP contribution in [0.5, 0.6) is 0 Å². The number of nitrogens with zero attached hydrogens (tertiary/aromatic N) is 1. The van der Waals surface area contributed by atoms with Crippen molar-refractivity contribution >= 4 is 10.0 Å². The normalized spacial score (nSPS) is 17.9. The molecule has 2 rings (SSSR count). The molecule has 0 bridgehead atoms. The summed E-state index contributed by atoms with van der Waals surface area (Å²) in [7, 11) is -2.23. The molecule has 19 heavy (non-hydrogen) atoms. The lowest BCUT2D eigenvalue weighted by atomic mass is 10.1. The van der Waals surface area contributed by atoms with Crippen molar-refractivity contribution in [1.82, 2.24) is 9.62 Å². The highest BCUT2D eigenvalue weighted by Crippen LogP contribution is 2.23. The molecule has 1 N–H and O–H groups in total. The molecular weight excluding hydrogens is 267 g/mol. The second kappa shape index (κ2) is 5.56. The van der Waals surface area contributed by atoms with Gasteiger partial charge in [0.2, 0.25) is 10.0 Å². The second-order valence-electron chi connectivity index (χ2n) is 4.94. The lowest BCUT2D eigenvalue weighted by Gasteiger charge is -2.31. The number of rotatable bonds is 3. The number of halogens is 1. The van der Waals surface area contributed by atoms with Crippen molar-refractivity contribution < 1.29 is 12.8 Å². The molecule has 4 nitrogen and oxygen atoms in total. The Morgan fingerprint density at radius 2 is 1.95 bits per heavy atom. The lowest BCUT2D eigenvalue weighted by Crippen LogP contribution is -2.44. The number of sulfonamides is 1. The molecule has 0 aromatic heterocycles. The van der Waals surface area contributed by atoms with Gasteiger partial charge in [0, 0.05) is 13.1 Å². The van der Waals surface area contributed by atoms with Gasteiger partial charge < -0.3 is 5.32 Å². The standard InChI is InChI=1S/C13H19FN2O2S/c1-10-3-4-12(14)13(9-10)19(17,18)16(2)11-5-7-15-8-6-11/h3-4,9,11,15H,5-8H2,1-2H3. The summed E-state index contributed by atoms with van der Waals surface area (Å²) in [6.45, 7) is 3.34. The van der Waals surface area contributed by atoms with Gasteiger partial charge in [0.15, 0.2) is 0 Å². The molecule has 0 atom stereocenters. The zero-order valence-corrected chi connectivity index (χ0v) is 12.0. The molecular formula is C13H19FN2O2S. The Morgan fingerprint density at radius 3 is 2.58 bits per heavy atom. The minimum Gasteiger partial charge on any atom is -0.317 e. The van der Waals surface area contributed by atoms with Crippen LogP contribution in [0.4, 0.5) is 4.39 Å².